The van der Waals surface area contributed by atoms with Gasteiger partial charge in [0.05, 0.1) is 12.7 Å². The van der Waals surface area contributed by atoms with E-state index in [4.69, 9.17) is 26.3 Å². The number of hydrogen-bond acceptors (Lipinski definition) is 4. The van der Waals surface area contributed by atoms with Gasteiger partial charge in [-0.3, -0.25) is 4.79 Å². The van der Waals surface area contributed by atoms with Gasteiger partial charge < -0.3 is 9.47 Å². The van der Waals surface area contributed by atoms with Crippen molar-refractivity contribution in [1.82, 2.24) is 0 Å². The average molecular weight is 226 g/mol. The predicted molar refractivity (Wildman–Crippen MR) is 54.0 cm³/mol. The number of hydrogen-bond donors (Lipinski definition) is 0. The second-order valence-corrected chi connectivity index (χ2v) is 3.04. The van der Waals surface area contributed by atoms with E-state index in [-0.39, 0.29) is 16.3 Å². The Morgan fingerprint density at radius 3 is 2.67 bits per heavy atom. The summed E-state index contributed by atoms with van der Waals surface area (Å²) >= 11 is 5.86. The number of halogens is 1. The SMILES string of the molecule is COc1ccc(C#N)c(Cl)c1OC(C)=O. The number of carbonyl (C=O) groups excluding carboxylic acids is 1. The Morgan fingerprint density at radius 2 is 2.20 bits per heavy atom. The average Bonchev–Trinajstić information content (AvgIpc) is 2.20. The van der Waals surface area contributed by atoms with Crippen LogP contribution in [0.5, 0.6) is 11.5 Å². The molecule has 0 amide bonds. The molecular weight excluding hydrogens is 218 g/mol. The van der Waals surface area contributed by atoms with Crippen molar-refractivity contribution in [1.29, 1.82) is 5.26 Å². The van der Waals surface area contributed by atoms with Crippen LogP contribution in [0.15, 0.2) is 12.1 Å². The van der Waals surface area contributed by atoms with Crippen molar-refractivity contribution in [2.45, 2.75) is 6.92 Å². The van der Waals surface area contributed by atoms with E-state index in [2.05, 4.69) is 0 Å². The first-order chi connectivity index (χ1) is 7.10. The molecule has 0 spiro atoms. The molecule has 0 radical (unpaired) electrons. The highest BCUT2D eigenvalue weighted by Crippen LogP contribution is 2.37. The number of ether oxygens (including phenoxy) is 2. The molecule has 0 aliphatic heterocycles. The molecule has 0 bridgehead atoms. The highest BCUT2D eigenvalue weighted by Gasteiger charge is 2.15. The normalized spacial score (nSPS) is 9.20. The molecule has 0 fully saturated rings. The van der Waals surface area contributed by atoms with Crippen molar-refractivity contribution in [3.05, 3.63) is 22.7 Å². The lowest BCUT2D eigenvalue weighted by Gasteiger charge is -2.09. The molecule has 5 heteroatoms. The summed E-state index contributed by atoms with van der Waals surface area (Å²) in [6.07, 6.45) is 0. The fraction of sp³-hybridized carbons (Fsp3) is 0.200. The molecule has 1 aromatic rings. The van der Waals surface area contributed by atoms with Crippen LogP contribution in [0.3, 0.4) is 0 Å². The minimum Gasteiger partial charge on any atom is -0.493 e. The van der Waals surface area contributed by atoms with Crippen LogP contribution < -0.4 is 9.47 Å². The minimum atomic E-state index is -0.523. The van der Waals surface area contributed by atoms with Crippen LogP contribution in [-0.2, 0) is 4.79 Å². The lowest BCUT2D eigenvalue weighted by molar-refractivity contribution is -0.132. The first-order valence-corrected chi connectivity index (χ1v) is 4.43. The van der Waals surface area contributed by atoms with E-state index < -0.39 is 5.97 Å². The monoisotopic (exact) mass is 225 g/mol. The van der Waals surface area contributed by atoms with Gasteiger partial charge in [-0.1, -0.05) is 11.6 Å². The standard InChI is InChI=1S/C10H8ClNO3/c1-6(13)15-10-8(14-2)4-3-7(5-12)9(10)11/h3-4H,1-2H3. The Hall–Kier alpha value is -1.73. The van der Waals surface area contributed by atoms with Gasteiger partial charge in [-0.25, -0.2) is 0 Å². The van der Waals surface area contributed by atoms with Crippen molar-refractivity contribution >= 4 is 17.6 Å². The van der Waals surface area contributed by atoms with E-state index in [0.29, 0.717) is 5.75 Å². The Morgan fingerprint density at radius 1 is 1.53 bits per heavy atom. The van der Waals surface area contributed by atoms with Crippen molar-refractivity contribution in [3.8, 4) is 17.6 Å². The van der Waals surface area contributed by atoms with Gasteiger partial charge in [-0.2, -0.15) is 5.26 Å². The molecule has 0 aromatic heterocycles. The van der Waals surface area contributed by atoms with Crippen LogP contribution in [0.2, 0.25) is 5.02 Å². The first kappa shape index (κ1) is 11.3. The van der Waals surface area contributed by atoms with Crippen molar-refractivity contribution in [2.75, 3.05) is 7.11 Å². The summed E-state index contributed by atoms with van der Waals surface area (Å²) in [6.45, 7) is 1.24. The zero-order valence-corrected chi connectivity index (χ0v) is 8.96. The molecule has 0 heterocycles. The smallest absolute Gasteiger partial charge is 0.308 e. The quantitative estimate of drug-likeness (QED) is 0.572. The van der Waals surface area contributed by atoms with Gasteiger partial charge in [0, 0.05) is 6.92 Å². The number of nitrogens with zero attached hydrogens (tertiary/aromatic N) is 1. The summed E-state index contributed by atoms with van der Waals surface area (Å²) in [5.74, 6) is -0.134. The van der Waals surface area contributed by atoms with E-state index in [0.717, 1.165) is 0 Å². The lowest BCUT2D eigenvalue weighted by Crippen LogP contribution is -2.04. The number of esters is 1. The summed E-state index contributed by atoms with van der Waals surface area (Å²) in [5, 5.41) is 8.80. The Labute approximate surface area is 92.0 Å². The van der Waals surface area contributed by atoms with Crippen LogP contribution in [0.4, 0.5) is 0 Å². The van der Waals surface area contributed by atoms with Crippen LogP contribution in [0.25, 0.3) is 0 Å². The van der Waals surface area contributed by atoms with Crippen LogP contribution >= 0.6 is 11.6 Å². The molecule has 78 valence electrons. The van der Waals surface area contributed by atoms with Gasteiger partial charge in [0.2, 0.25) is 0 Å². The topological polar surface area (TPSA) is 59.3 Å². The minimum absolute atomic E-state index is 0.0747. The fourth-order valence-electron chi connectivity index (χ4n) is 1.02. The zero-order chi connectivity index (χ0) is 11.4. The highest BCUT2D eigenvalue weighted by atomic mass is 35.5. The maximum Gasteiger partial charge on any atom is 0.308 e. The molecular formula is C10H8ClNO3. The maximum atomic E-state index is 10.8. The molecule has 0 saturated carbocycles. The molecule has 1 aromatic carbocycles. The number of carbonyl (C=O) groups is 1. The molecule has 0 N–H and O–H groups in total. The third-order valence-electron chi connectivity index (χ3n) is 1.65. The summed E-state index contributed by atoms with van der Waals surface area (Å²) in [7, 11) is 1.42. The Balaban J connectivity index is 3.30. The zero-order valence-electron chi connectivity index (χ0n) is 8.20. The number of methoxy groups -OCH3 is 1. The van der Waals surface area contributed by atoms with E-state index in [1.807, 2.05) is 6.07 Å². The first-order valence-electron chi connectivity index (χ1n) is 4.05. The maximum absolute atomic E-state index is 10.8. The van der Waals surface area contributed by atoms with E-state index in [1.54, 1.807) is 0 Å². The van der Waals surface area contributed by atoms with Crippen LogP contribution in [-0.4, -0.2) is 13.1 Å². The van der Waals surface area contributed by atoms with E-state index in [9.17, 15) is 4.79 Å². The summed E-state index contributed by atoms with van der Waals surface area (Å²) in [4.78, 5) is 10.8. The summed E-state index contributed by atoms with van der Waals surface area (Å²) in [5.41, 5.74) is 0.230. The molecule has 1 rings (SSSR count). The molecule has 0 aliphatic carbocycles. The van der Waals surface area contributed by atoms with Crippen LogP contribution in [0.1, 0.15) is 12.5 Å². The molecule has 0 aliphatic rings. The summed E-state index contributed by atoms with van der Waals surface area (Å²) < 4.78 is 9.82. The molecule has 0 saturated heterocycles. The van der Waals surface area contributed by atoms with Gasteiger partial charge in [0.15, 0.2) is 11.5 Å². The van der Waals surface area contributed by atoms with Gasteiger partial charge in [-0.15, -0.1) is 0 Å². The lowest BCUT2D eigenvalue weighted by atomic mass is 10.2. The summed E-state index contributed by atoms with van der Waals surface area (Å²) in [6, 6.07) is 4.89. The number of benzene rings is 1. The van der Waals surface area contributed by atoms with E-state index in [1.165, 1.54) is 26.2 Å². The Kier molecular flexibility index (Phi) is 3.53. The van der Waals surface area contributed by atoms with Crippen molar-refractivity contribution in [3.63, 3.8) is 0 Å². The van der Waals surface area contributed by atoms with E-state index >= 15 is 0 Å². The third kappa shape index (κ3) is 2.39. The molecule has 0 unspecified atom stereocenters. The fourth-order valence-corrected chi connectivity index (χ4v) is 1.26. The van der Waals surface area contributed by atoms with Gasteiger partial charge in [0.25, 0.3) is 0 Å². The predicted octanol–water partition coefficient (Wildman–Crippen LogP) is 2.15. The van der Waals surface area contributed by atoms with Crippen molar-refractivity contribution < 1.29 is 14.3 Å². The van der Waals surface area contributed by atoms with Gasteiger partial charge >= 0.3 is 5.97 Å². The van der Waals surface area contributed by atoms with Crippen molar-refractivity contribution in [2.24, 2.45) is 0 Å². The highest BCUT2D eigenvalue weighted by molar-refractivity contribution is 6.33. The number of rotatable bonds is 2. The molecule has 4 nitrogen and oxygen atoms in total. The second-order valence-electron chi connectivity index (χ2n) is 2.66. The number of nitriles is 1. The van der Waals surface area contributed by atoms with Gasteiger partial charge in [-0.05, 0) is 12.1 Å². The molecule has 0 atom stereocenters. The Bertz CT molecular complexity index is 437. The second kappa shape index (κ2) is 4.67. The van der Waals surface area contributed by atoms with Gasteiger partial charge in [0.1, 0.15) is 11.1 Å². The third-order valence-corrected chi connectivity index (χ3v) is 2.02. The largest absolute Gasteiger partial charge is 0.493 e. The van der Waals surface area contributed by atoms with Crippen LogP contribution in [0, 0.1) is 11.3 Å². The molecule has 15 heavy (non-hydrogen) atoms.